The van der Waals surface area contributed by atoms with Crippen LogP contribution in [0.1, 0.15) is 18.5 Å². The molecule has 0 aliphatic heterocycles. The summed E-state index contributed by atoms with van der Waals surface area (Å²) in [5.41, 5.74) is 0.914. The molecule has 21 heavy (non-hydrogen) atoms. The quantitative estimate of drug-likeness (QED) is 0.829. The fourth-order valence-electron chi connectivity index (χ4n) is 1.91. The number of hydrogen-bond donors (Lipinski definition) is 1. The van der Waals surface area contributed by atoms with E-state index in [1.807, 2.05) is 6.20 Å². The highest BCUT2D eigenvalue weighted by molar-refractivity contribution is 9.10. The van der Waals surface area contributed by atoms with Crippen LogP contribution in [0.4, 0.5) is 4.39 Å². The second-order valence-corrected chi connectivity index (χ2v) is 5.97. The SMILES string of the molecule is Fc1cc(Br)ccc1OCCn1cc(CNC2CC2)nn1. The molecule has 0 atom stereocenters. The number of nitrogens with zero attached hydrogens (tertiary/aromatic N) is 3. The number of rotatable bonds is 7. The molecule has 2 aromatic rings. The van der Waals surface area contributed by atoms with E-state index in [2.05, 4.69) is 31.6 Å². The number of nitrogens with one attached hydrogen (secondary N) is 1. The van der Waals surface area contributed by atoms with Gasteiger partial charge in [0, 0.05) is 23.3 Å². The third-order valence-electron chi connectivity index (χ3n) is 3.21. The fourth-order valence-corrected chi connectivity index (χ4v) is 2.24. The van der Waals surface area contributed by atoms with Gasteiger partial charge in [0.25, 0.3) is 0 Å². The van der Waals surface area contributed by atoms with Gasteiger partial charge < -0.3 is 10.1 Å². The van der Waals surface area contributed by atoms with Crippen molar-refractivity contribution >= 4 is 15.9 Å². The van der Waals surface area contributed by atoms with Gasteiger partial charge in [0.1, 0.15) is 6.61 Å². The zero-order valence-electron chi connectivity index (χ0n) is 11.4. The van der Waals surface area contributed by atoms with E-state index in [-0.39, 0.29) is 11.6 Å². The molecule has 0 amide bonds. The predicted molar refractivity (Wildman–Crippen MR) is 79.5 cm³/mol. The molecule has 1 saturated carbocycles. The molecule has 1 fully saturated rings. The number of aromatic nitrogens is 3. The van der Waals surface area contributed by atoms with Crippen LogP contribution in [-0.2, 0) is 13.1 Å². The van der Waals surface area contributed by atoms with Crippen molar-refractivity contribution < 1.29 is 9.13 Å². The van der Waals surface area contributed by atoms with Crippen molar-refractivity contribution in [2.45, 2.75) is 32.0 Å². The van der Waals surface area contributed by atoms with Crippen LogP contribution in [0.5, 0.6) is 5.75 Å². The Morgan fingerprint density at radius 3 is 3.05 bits per heavy atom. The molecule has 3 rings (SSSR count). The highest BCUT2D eigenvalue weighted by atomic mass is 79.9. The maximum Gasteiger partial charge on any atom is 0.166 e. The topological polar surface area (TPSA) is 52.0 Å². The average Bonchev–Trinajstić information content (AvgIpc) is 3.18. The molecule has 1 N–H and O–H groups in total. The van der Waals surface area contributed by atoms with Crippen molar-refractivity contribution in [2.24, 2.45) is 0 Å². The van der Waals surface area contributed by atoms with Crippen LogP contribution in [0.15, 0.2) is 28.9 Å². The molecule has 0 radical (unpaired) electrons. The van der Waals surface area contributed by atoms with Crippen molar-refractivity contribution in [3.63, 3.8) is 0 Å². The van der Waals surface area contributed by atoms with Gasteiger partial charge in [-0.15, -0.1) is 5.10 Å². The first-order valence-corrected chi connectivity index (χ1v) is 7.70. The van der Waals surface area contributed by atoms with E-state index in [9.17, 15) is 4.39 Å². The molecular formula is C14H16BrFN4O. The maximum atomic E-state index is 13.6. The van der Waals surface area contributed by atoms with E-state index in [1.165, 1.54) is 18.9 Å². The standard InChI is InChI=1S/C14H16BrFN4O/c15-10-1-4-14(13(16)7-10)21-6-5-20-9-12(18-19-20)8-17-11-2-3-11/h1,4,7,9,11,17H,2-3,5-6,8H2. The van der Waals surface area contributed by atoms with Crippen LogP contribution >= 0.6 is 15.9 Å². The van der Waals surface area contributed by atoms with E-state index in [0.29, 0.717) is 23.7 Å². The van der Waals surface area contributed by atoms with Crippen LogP contribution in [0.3, 0.4) is 0 Å². The lowest BCUT2D eigenvalue weighted by Gasteiger charge is -2.07. The van der Waals surface area contributed by atoms with Crippen LogP contribution in [0, 0.1) is 5.82 Å². The molecule has 5 nitrogen and oxygen atoms in total. The Labute approximate surface area is 130 Å². The van der Waals surface area contributed by atoms with E-state index in [1.54, 1.807) is 16.8 Å². The summed E-state index contributed by atoms with van der Waals surface area (Å²) in [6.07, 6.45) is 4.39. The Balaban J connectivity index is 1.46. The molecule has 1 heterocycles. The monoisotopic (exact) mass is 354 g/mol. The van der Waals surface area contributed by atoms with Gasteiger partial charge in [-0.05, 0) is 31.0 Å². The third-order valence-corrected chi connectivity index (χ3v) is 3.70. The van der Waals surface area contributed by atoms with Crippen molar-refractivity contribution in [1.29, 1.82) is 0 Å². The van der Waals surface area contributed by atoms with Gasteiger partial charge in [0.05, 0.1) is 12.2 Å². The van der Waals surface area contributed by atoms with E-state index >= 15 is 0 Å². The van der Waals surface area contributed by atoms with Gasteiger partial charge >= 0.3 is 0 Å². The first-order chi connectivity index (χ1) is 10.2. The summed E-state index contributed by atoms with van der Waals surface area (Å²) in [6, 6.07) is 5.38. The maximum absolute atomic E-state index is 13.6. The summed E-state index contributed by atoms with van der Waals surface area (Å²) in [6.45, 7) is 1.62. The van der Waals surface area contributed by atoms with Gasteiger partial charge in [-0.1, -0.05) is 21.1 Å². The zero-order valence-corrected chi connectivity index (χ0v) is 13.0. The number of benzene rings is 1. The molecule has 0 bridgehead atoms. The van der Waals surface area contributed by atoms with Crippen LogP contribution in [-0.4, -0.2) is 27.6 Å². The summed E-state index contributed by atoms with van der Waals surface area (Å²) in [5, 5.41) is 11.5. The minimum absolute atomic E-state index is 0.244. The summed E-state index contributed by atoms with van der Waals surface area (Å²) < 4.78 is 21.4. The lowest BCUT2D eigenvalue weighted by molar-refractivity contribution is 0.277. The van der Waals surface area contributed by atoms with Crippen molar-refractivity contribution in [3.05, 3.63) is 40.4 Å². The molecule has 0 unspecified atom stereocenters. The molecule has 1 aromatic heterocycles. The molecule has 7 heteroatoms. The first-order valence-electron chi connectivity index (χ1n) is 6.91. The van der Waals surface area contributed by atoms with Crippen LogP contribution in [0.25, 0.3) is 0 Å². The second kappa shape index (κ2) is 6.53. The Morgan fingerprint density at radius 1 is 1.43 bits per heavy atom. The molecule has 1 aliphatic carbocycles. The number of hydrogen-bond acceptors (Lipinski definition) is 4. The summed E-state index contributed by atoms with van der Waals surface area (Å²) >= 11 is 3.21. The highest BCUT2D eigenvalue weighted by Gasteiger charge is 2.20. The Kier molecular flexibility index (Phi) is 4.50. The summed E-state index contributed by atoms with van der Waals surface area (Å²) in [4.78, 5) is 0. The molecule has 0 spiro atoms. The van der Waals surface area contributed by atoms with Gasteiger partial charge in [-0.25, -0.2) is 9.07 Å². The molecular weight excluding hydrogens is 339 g/mol. The largest absolute Gasteiger partial charge is 0.489 e. The lowest BCUT2D eigenvalue weighted by Crippen LogP contribution is -2.15. The summed E-state index contributed by atoms with van der Waals surface area (Å²) in [7, 11) is 0. The van der Waals surface area contributed by atoms with Gasteiger partial charge in [0.15, 0.2) is 11.6 Å². The van der Waals surface area contributed by atoms with Gasteiger partial charge in [-0.2, -0.15) is 0 Å². The second-order valence-electron chi connectivity index (χ2n) is 5.05. The number of halogens is 2. The fraction of sp³-hybridized carbons (Fsp3) is 0.429. The first kappa shape index (κ1) is 14.5. The molecule has 112 valence electrons. The normalized spacial score (nSPS) is 14.4. The Bertz CT molecular complexity index is 615. The Hall–Kier alpha value is -1.47. The van der Waals surface area contributed by atoms with Crippen LogP contribution in [0.2, 0.25) is 0 Å². The average molecular weight is 355 g/mol. The van der Waals surface area contributed by atoms with Crippen LogP contribution < -0.4 is 10.1 Å². The Morgan fingerprint density at radius 2 is 2.29 bits per heavy atom. The molecule has 1 aromatic carbocycles. The minimum Gasteiger partial charge on any atom is -0.489 e. The highest BCUT2D eigenvalue weighted by Crippen LogP contribution is 2.21. The van der Waals surface area contributed by atoms with E-state index < -0.39 is 0 Å². The van der Waals surface area contributed by atoms with Gasteiger partial charge in [-0.3, -0.25) is 0 Å². The minimum atomic E-state index is -0.378. The third kappa shape index (κ3) is 4.25. The van der Waals surface area contributed by atoms with E-state index in [4.69, 9.17) is 4.74 Å². The van der Waals surface area contributed by atoms with E-state index in [0.717, 1.165) is 12.2 Å². The lowest BCUT2D eigenvalue weighted by atomic mass is 10.3. The van der Waals surface area contributed by atoms with Crippen molar-refractivity contribution in [1.82, 2.24) is 20.3 Å². The van der Waals surface area contributed by atoms with Crippen molar-refractivity contribution in [2.75, 3.05) is 6.61 Å². The zero-order chi connectivity index (χ0) is 14.7. The number of ether oxygens (including phenoxy) is 1. The predicted octanol–water partition coefficient (Wildman–Crippen LogP) is 2.51. The van der Waals surface area contributed by atoms with Crippen molar-refractivity contribution in [3.8, 4) is 5.75 Å². The molecule has 1 aliphatic rings. The summed E-state index contributed by atoms with van der Waals surface area (Å²) in [5.74, 6) is -0.133. The molecule has 0 saturated heterocycles. The smallest absolute Gasteiger partial charge is 0.166 e. The van der Waals surface area contributed by atoms with Gasteiger partial charge in [0.2, 0.25) is 0 Å².